The number of aromatic nitrogens is 2. The maximum absolute atomic E-state index is 13.6. The number of carbonyl (C=O) groups is 2. The summed E-state index contributed by atoms with van der Waals surface area (Å²) in [7, 11) is 0. The molecular weight excluding hydrogens is 412 g/mol. The van der Waals surface area contributed by atoms with Crippen LogP contribution in [-0.4, -0.2) is 33.2 Å². The molecule has 1 fully saturated rings. The zero-order valence-electron chi connectivity index (χ0n) is 19.6. The first-order valence-corrected chi connectivity index (χ1v) is 11.7. The van der Waals surface area contributed by atoms with Crippen molar-refractivity contribution in [1.82, 2.24) is 14.9 Å². The molecule has 1 saturated heterocycles. The van der Waals surface area contributed by atoms with Gasteiger partial charge in [0.25, 0.3) is 0 Å². The molecule has 0 spiro atoms. The summed E-state index contributed by atoms with van der Waals surface area (Å²) in [6, 6.07) is 13.7. The van der Waals surface area contributed by atoms with Crippen molar-refractivity contribution in [2.45, 2.75) is 52.5 Å². The Bertz CT molecular complexity index is 1130. The van der Waals surface area contributed by atoms with Gasteiger partial charge in [0, 0.05) is 18.0 Å². The fourth-order valence-corrected chi connectivity index (χ4v) is 4.88. The van der Waals surface area contributed by atoms with Crippen LogP contribution < -0.4 is 5.73 Å². The third kappa shape index (κ3) is 4.85. The Hall–Kier alpha value is -3.41. The maximum atomic E-state index is 13.6. The van der Waals surface area contributed by atoms with Crippen LogP contribution in [0, 0.1) is 19.8 Å². The second-order valence-electron chi connectivity index (χ2n) is 9.15. The molecule has 2 amide bonds. The maximum Gasteiger partial charge on any atom is 0.248 e. The predicted octanol–water partition coefficient (Wildman–Crippen LogP) is 4.72. The minimum atomic E-state index is -0.429. The first kappa shape index (κ1) is 22.8. The molecule has 6 heteroatoms. The predicted molar refractivity (Wildman–Crippen MR) is 130 cm³/mol. The highest BCUT2D eigenvalue weighted by Crippen LogP contribution is 2.32. The highest BCUT2D eigenvalue weighted by molar-refractivity contribution is 5.93. The van der Waals surface area contributed by atoms with Crippen molar-refractivity contribution in [3.8, 4) is 11.3 Å². The lowest BCUT2D eigenvalue weighted by molar-refractivity contribution is -0.139. The molecule has 33 heavy (non-hydrogen) atoms. The monoisotopic (exact) mass is 444 g/mol. The SMILES string of the molecule is Cc1cc(C(N)=O)cc(C)c1C[C@H](C)C(=O)N1CCCC[C@H]1c1ncc(-c2ccccc2)[nH]1. The molecule has 3 aromatic rings. The average Bonchev–Trinajstić information content (AvgIpc) is 3.31. The van der Waals surface area contributed by atoms with Gasteiger partial charge < -0.3 is 15.6 Å². The molecule has 0 aliphatic carbocycles. The van der Waals surface area contributed by atoms with Gasteiger partial charge in [0.1, 0.15) is 5.82 Å². The number of benzene rings is 2. The van der Waals surface area contributed by atoms with Gasteiger partial charge in [0.15, 0.2) is 0 Å². The lowest BCUT2D eigenvalue weighted by Gasteiger charge is -2.36. The second kappa shape index (κ2) is 9.61. The van der Waals surface area contributed by atoms with Crippen LogP contribution >= 0.6 is 0 Å². The molecule has 2 aromatic carbocycles. The van der Waals surface area contributed by atoms with E-state index < -0.39 is 5.91 Å². The van der Waals surface area contributed by atoms with Crippen molar-refractivity contribution in [3.63, 3.8) is 0 Å². The standard InChI is InChI=1S/C27H32N4O2/c1-17-13-21(25(28)32)14-18(2)22(17)15-19(3)27(33)31-12-8-7-11-24(31)26-29-16-23(30-26)20-9-5-4-6-10-20/h4-6,9-10,13-14,16,19,24H,7-8,11-12,15H2,1-3H3,(H2,28,32)(H,29,30)/t19-,24-/m0/s1. The van der Waals surface area contributed by atoms with E-state index in [-0.39, 0.29) is 17.9 Å². The second-order valence-corrected chi connectivity index (χ2v) is 9.15. The van der Waals surface area contributed by atoms with E-state index in [0.717, 1.165) is 59.6 Å². The summed E-state index contributed by atoms with van der Waals surface area (Å²) < 4.78 is 0. The molecule has 0 unspecified atom stereocenters. The first-order chi connectivity index (χ1) is 15.8. The highest BCUT2D eigenvalue weighted by atomic mass is 16.2. The van der Waals surface area contributed by atoms with Gasteiger partial charge in [-0.3, -0.25) is 9.59 Å². The van der Waals surface area contributed by atoms with Crippen molar-refractivity contribution in [2.75, 3.05) is 6.54 Å². The smallest absolute Gasteiger partial charge is 0.248 e. The molecule has 3 N–H and O–H groups in total. The molecular formula is C27H32N4O2. The topological polar surface area (TPSA) is 92.1 Å². The van der Waals surface area contributed by atoms with E-state index in [2.05, 4.69) is 22.1 Å². The summed E-state index contributed by atoms with van der Waals surface area (Å²) in [5, 5.41) is 0. The molecule has 4 rings (SSSR count). The molecule has 1 aromatic heterocycles. The Morgan fingerprint density at radius 2 is 1.85 bits per heavy atom. The van der Waals surface area contributed by atoms with Gasteiger partial charge in [-0.1, -0.05) is 37.3 Å². The number of nitrogens with one attached hydrogen (secondary N) is 1. The summed E-state index contributed by atoms with van der Waals surface area (Å²) in [5.41, 5.74) is 11.1. The third-order valence-corrected chi connectivity index (χ3v) is 6.69. The van der Waals surface area contributed by atoms with Crippen LogP contribution in [0.3, 0.4) is 0 Å². The quantitative estimate of drug-likeness (QED) is 0.576. The number of H-pyrrole nitrogens is 1. The molecule has 1 aliphatic heterocycles. The van der Waals surface area contributed by atoms with Crippen LogP contribution in [0.1, 0.15) is 65.1 Å². The van der Waals surface area contributed by atoms with Crippen LogP contribution in [0.15, 0.2) is 48.7 Å². The van der Waals surface area contributed by atoms with Gasteiger partial charge in [0.05, 0.1) is 17.9 Å². The Morgan fingerprint density at radius 1 is 1.15 bits per heavy atom. The fourth-order valence-electron chi connectivity index (χ4n) is 4.88. The van der Waals surface area contributed by atoms with Crippen molar-refractivity contribution in [1.29, 1.82) is 0 Å². The Balaban J connectivity index is 1.53. The summed E-state index contributed by atoms with van der Waals surface area (Å²) in [4.78, 5) is 35.3. The van der Waals surface area contributed by atoms with E-state index in [1.165, 1.54) is 0 Å². The van der Waals surface area contributed by atoms with Crippen molar-refractivity contribution in [2.24, 2.45) is 11.7 Å². The van der Waals surface area contributed by atoms with E-state index in [4.69, 9.17) is 5.73 Å². The zero-order valence-corrected chi connectivity index (χ0v) is 19.6. The fraction of sp³-hybridized carbons (Fsp3) is 0.370. The summed E-state index contributed by atoms with van der Waals surface area (Å²) >= 11 is 0. The Labute approximate surface area is 195 Å². The molecule has 0 bridgehead atoms. The summed E-state index contributed by atoms with van der Waals surface area (Å²) in [6.45, 7) is 6.69. The van der Waals surface area contributed by atoms with Gasteiger partial charge in [0.2, 0.25) is 11.8 Å². The molecule has 2 atom stereocenters. The zero-order chi connectivity index (χ0) is 23.5. The number of nitrogens with zero attached hydrogens (tertiary/aromatic N) is 2. The number of aryl methyl sites for hydroxylation is 2. The van der Waals surface area contributed by atoms with E-state index in [1.807, 2.05) is 62.2 Å². The van der Waals surface area contributed by atoms with Crippen LogP contribution in [0.5, 0.6) is 0 Å². The molecule has 0 saturated carbocycles. The number of piperidine rings is 1. The van der Waals surface area contributed by atoms with E-state index in [1.54, 1.807) is 0 Å². The van der Waals surface area contributed by atoms with Crippen molar-refractivity contribution >= 4 is 11.8 Å². The Kier molecular flexibility index (Phi) is 6.63. The van der Waals surface area contributed by atoms with Gasteiger partial charge in [-0.15, -0.1) is 0 Å². The van der Waals surface area contributed by atoms with Gasteiger partial charge in [-0.2, -0.15) is 0 Å². The lowest BCUT2D eigenvalue weighted by atomic mass is 9.90. The van der Waals surface area contributed by atoms with Crippen LogP contribution in [0.2, 0.25) is 0 Å². The van der Waals surface area contributed by atoms with Crippen LogP contribution in [0.4, 0.5) is 0 Å². The number of amides is 2. The van der Waals surface area contributed by atoms with Crippen molar-refractivity contribution < 1.29 is 9.59 Å². The van der Waals surface area contributed by atoms with Gasteiger partial charge in [-0.05, 0) is 73.9 Å². The van der Waals surface area contributed by atoms with Crippen LogP contribution in [-0.2, 0) is 11.2 Å². The Morgan fingerprint density at radius 3 is 2.52 bits per heavy atom. The number of likely N-dealkylation sites (tertiary alicyclic amines) is 1. The summed E-state index contributed by atoms with van der Waals surface area (Å²) in [6.07, 6.45) is 5.49. The molecule has 172 valence electrons. The van der Waals surface area contributed by atoms with E-state index in [0.29, 0.717) is 12.0 Å². The number of aromatic amines is 1. The number of hydrogen-bond donors (Lipinski definition) is 2. The van der Waals surface area contributed by atoms with E-state index in [9.17, 15) is 9.59 Å². The van der Waals surface area contributed by atoms with Gasteiger partial charge >= 0.3 is 0 Å². The molecule has 1 aliphatic rings. The van der Waals surface area contributed by atoms with Gasteiger partial charge in [-0.25, -0.2) is 4.98 Å². The number of nitrogens with two attached hydrogens (primary N) is 1. The van der Waals surface area contributed by atoms with E-state index >= 15 is 0 Å². The largest absolute Gasteiger partial charge is 0.366 e. The number of rotatable bonds is 6. The van der Waals surface area contributed by atoms with Crippen LogP contribution in [0.25, 0.3) is 11.3 Å². The molecule has 2 heterocycles. The first-order valence-electron chi connectivity index (χ1n) is 11.7. The number of hydrogen-bond acceptors (Lipinski definition) is 3. The number of primary amides is 1. The molecule has 0 radical (unpaired) electrons. The minimum absolute atomic E-state index is 0.0365. The highest BCUT2D eigenvalue weighted by Gasteiger charge is 2.32. The lowest BCUT2D eigenvalue weighted by Crippen LogP contribution is -2.42. The number of carbonyl (C=O) groups excluding carboxylic acids is 2. The molecule has 6 nitrogen and oxygen atoms in total. The normalized spacial score (nSPS) is 17.1. The summed E-state index contributed by atoms with van der Waals surface area (Å²) in [5.74, 6) is 0.398. The third-order valence-electron chi connectivity index (χ3n) is 6.69. The van der Waals surface area contributed by atoms with Crippen molar-refractivity contribution in [3.05, 3.63) is 76.7 Å². The average molecular weight is 445 g/mol. The minimum Gasteiger partial charge on any atom is -0.366 e. The number of imidazole rings is 1.